The second kappa shape index (κ2) is 5.17. The maximum absolute atomic E-state index is 9.84. The number of aliphatic hydroxyl groups excluding tert-OH is 1. The van der Waals surface area contributed by atoms with Crippen LogP contribution in [0.4, 0.5) is 0 Å². The molecule has 2 atom stereocenters. The second-order valence-corrected chi connectivity index (χ2v) is 4.43. The summed E-state index contributed by atoms with van der Waals surface area (Å²) in [5.74, 6) is 1.24. The van der Waals surface area contributed by atoms with Crippen LogP contribution < -0.4 is 0 Å². The van der Waals surface area contributed by atoms with Crippen LogP contribution in [0, 0.1) is 23.2 Å². The fraction of sp³-hybridized carbons (Fsp3) is 0.750. The molecule has 0 saturated heterocycles. The number of nitrogens with zero attached hydrogens (tertiary/aromatic N) is 1. The van der Waals surface area contributed by atoms with Crippen LogP contribution in [0.1, 0.15) is 39.5 Å². The van der Waals surface area contributed by atoms with Gasteiger partial charge in [-0.3, -0.25) is 0 Å². The van der Waals surface area contributed by atoms with Gasteiger partial charge in [0.05, 0.1) is 12.2 Å². The molecule has 0 aromatic rings. The van der Waals surface area contributed by atoms with Gasteiger partial charge in [-0.05, 0) is 36.7 Å². The molecule has 0 aromatic carbocycles. The average Bonchev–Trinajstić information content (AvgIpc) is 2.15. The van der Waals surface area contributed by atoms with Crippen molar-refractivity contribution in [3.05, 3.63) is 11.6 Å². The Labute approximate surface area is 86.2 Å². The summed E-state index contributed by atoms with van der Waals surface area (Å²) in [6.45, 7) is 4.40. The Balaban J connectivity index is 2.52. The summed E-state index contributed by atoms with van der Waals surface area (Å²) < 4.78 is 0. The largest absolute Gasteiger partial charge is 0.389 e. The molecule has 1 rings (SSSR count). The van der Waals surface area contributed by atoms with Gasteiger partial charge in [-0.1, -0.05) is 19.9 Å². The second-order valence-electron chi connectivity index (χ2n) is 4.43. The van der Waals surface area contributed by atoms with E-state index >= 15 is 0 Å². The molecular formula is C12H19NO. The third-order valence-corrected chi connectivity index (χ3v) is 3.11. The molecule has 0 heterocycles. The van der Waals surface area contributed by atoms with E-state index in [1.54, 1.807) is 0 Å². The van der Waals surface area contributed by atoms with Crippen molar-refractivity contribution in [3.8, 4) is 6.07 Å². The Morgan fingerprint density at radius 3 is 2.86 bits per heavy atom. The van der Waals surface area contributed by atoms with Crippen LogP contribution in [0.2, 0.25) is 0 Å². The summed E-state index contributed by atoms with van der Waals surface area (Å²) in [4.78, 5) is 0. The summed E-state index contributed by atoms with van der Waals surface area (Å²) in [5.41, 5.74) is 1.07. The van der Waals surface area contributed by atoms with Gasteiger partial charge in [-0.2, -0.15) is 5.26 Å². The van der Waals surface area contributed by atoms with Gasteiger partial charge < -0.3 is 5.11 Å². The summed E-state index contributed by atoms with van der Waals surface area (Å²) in [7, 11) is 0. The van der Waals surface area contributed by atoms with Gasteiger partial charge in [0, 0.05) is 6.42 Å². The summed E-state index contributed by atoms with van der Waals surface area (Å²) in [6.07, 6.45) is 5.03. The Hall–Kier alpha value is -0.810. The van der Waals surface area contributed by atoms with Gasteiger partial charge in [-0.25, -0.2) is 0 Å². The van der Waals surface area contributed by atoms with Crippen LogP contribution in [0.15, 0.2) is 11.6 Å². The highest BCUT2D eigenvalue weighted by Crippen LogP contribution is 2.31. The molecule has 0 spiro atoms. The van der Waals surface area contributed by atoms with E-state index in [9.17, 15) is 5.11 Å². The average molecular weight is 193 g/mol. The Morgan fingerprint density at radius 1 is 1.64 bits per heavy atom. The molecule has 0 amide bonds. The molecule has 0 aliphatic heterocycles. The van der Waals surface area contributed by atoms with Gasteiger partial charge in [0.1, 0.15) is 0 Å². The molecule has 1 aliphatic rings. The lowest BCUT2D eigenvalue weighted by atomic mass is 9.80. The van der Waals surface area contributed by atoms with Crippen molar-refractivity contribution in [1.29, 1.82) is 5.26 Å². The van der Waals surface area contributed by atoms with E-state index < -0.39 is 0 Å². The van der Waals surface area contributed by atoms with Crippen molar-refractivity contribution in [2.45, 2.75) is 45.6 Å². The maximum Gasteiger partial charge on any atom is 0.0753 e. The third-order valence-electron chi connectivity index (χ3n) is 3.11. The molecule has 0 radical (unpaired) electrons. The van der Waals surface area contributed by atoms with Crippen LogP contribution >= 0.6 is 0 Å². The minimum absolute atomic E-state index is 0.301. The van der Waals surface area contributed by atoms with Crippen molar-refractivity contribution in [2.75, 3.05) is 0 Å². The van der Waals surface area contributed by atoms with Crippen LogP contribution in [0.25, 0.3) is 0 Å². The highest BCUT2D eigenvalue weighted by molar-refractivity contribution is 5.13. The summed E-state index contributed by atoms with van der Waals surface area (Å²) in [5, 5.41) is 18.3. The monoisotopic (exact) mass is 193 g/mol. The minimum atomic E-state index is -0.301. The molecule has 0 aromatic heterocycles. The van der Waals surface area contributed by atoms with Crippen molar-refractivity contribution in [3.63, 3.8) is 0 Å². The lowest BCUT2D eigenvalue weighted by Crippen LogP contribution is -2.23. The molecule has 14 heavy (non-hydrogen) atoms. The topological polar surface area (TPSA) is 44.0 Å². The van der Waals surface area contributed by atoms with E-state index in [1.807, 2.05) is 0 Å². The first-order valence-electron chi connectivity index (χ1n) is 5.39. The SMILES string of the molecule is CC(C)[C@@H]1CC=C(CCC#N)[C@@H](O)C1. The Bertz CT molecular complexity index is 250. The molecule has 1 aliphatic carbocycles. The highest BCUT2D eigenvalue weighted by Gasteiger charge is 2.23. The van der Waals surface area contributed by atoms with Gasteiger partial charge >= 0.3 is 0 Å². The molecule has 1 N–H and O–H groups in total. The number of allylic oxidation sites excluding steroid dienone is 1. The molecule has 2 heteroatoms. The lowest BCUT2D eigenvalue weighted by Gasteiger charge is -2.28. The van der Waals surface area contributed by atoms with E-state index in [0.717, 1.165) is 24.8 Å². The number of hydrogen-bond donors (Lipinski definition) is 1. The van der Waals surface area contributed by atoms with E-state index in [4.69, 9.17) is 5.26 Å². The molecule has 78 valence electrons. The molecule has 0 unspecified atom stereocenters. The maximum atomic E-state index is 9.84. The van der Waals surface area contributed by atoms with Crippen molar-refractivity contribution in [2.24, 2.45) is 11.8 Å². The van der Waals surface area contributed by atoms with Crippen molar-refractivity contribution in [1.82, 2.24) is 0 Å². The highest BCUT2D eigenvalue weighted by atomic mass is 16.3. The van der Waals surface area contributed by atoms with Crippen molar-refractivity contribution < 1.29 is 5.11 Å². The summed E-state index contributed by atoms with van der Waals surface area (Å²) in [6, 6.07) is 2.12. The normalized spacial score (nSPS) is 27.2. The smallest absolute Gasteiger partial charge is 0.0753 e. The fourth-order valence-corrected chi connectivity index (χ4v) is 1.99. The minimum Gasteiger partial charge on any atom is -0.389 e. The van der Waals surface area contributed by atoms with Crippen LogP contribution in [-0.4, -0.2) is 11.2 Å². The number of rotatable bonds is 3. The predicted octanol–water partition coefficient (Wildman–Crippen LogP) is 2.64. The van der Waals surface area contributed by atoms with E-state index in [-0.39, 0.29) is 6.10 Å². The van der Waals surface area contributed by atoms with Gasteiger partial charge in [0.15, 0.2) is 0 Å². The third kappa shape index (κ3) is 2.85. The van der Waals surface area contributed by atoms with Gasteiger partial charge in [-0.15, -0.1) is 0 Å². The van der Waals surface area contributed by atoms with Crippen LogP contribution in [0.5, 0.6) is 0 Å². The zero-order valence-corrected chi connectivity index (χ0v) is 9.03. The van der Waals surface area contributed by atoms with Crippen molar-refractivity contribution >= 4 is 0 Å². The first-order valence-corrected chi connectivity index (χ1v) is 5.39. The lowest BCUT2D eigenvalue weighted by molar-refractivity contribution is 0.146. The number of nitriles is 1. The fourth-order valence-electron chi connectivity index (χ4n) is 1.99. The Morgan fingerprint density at radius 2 is 2.36 bits per heavy atom. The number of hydrogen-bond acceptors (Lipinski definition) is 2. The molecule has 0 saturated carbocycles. The first kappa shape index (κ1) is 11.3. The first-order chi connectivity index (χ1) is 6.65. The zero-order chi connectivity index (χ0) is 10.6. The molecule has 2 nitrogen and oxygen atoms in total. The Kier molecular flexibility index (Phi) is 4.16. The summed E-state index contributed by atoms with van der Waals surface area (Å²) >= 11 is 0. The quantitative estimate of drug-likeness (QED) is 0.700. The van der Waals surface area contributed by atoms with Crippen LogP contribution in [-0.2, 0) is 0 Å². The standard InChI is InChI=1S/C12H19NO/c1-9(2)11-6-5-10(4-3-7-13)12(14)8-11/h5,9,11-12,14H,3-4,6,8H2,1-2H3/t11-,12+/m1/s1. The van der Waals surface area contributed by atoms with Gasteiger partial charge in [0.25, 0.3) is 0 Å². The molecule has 0 fully saturated rings. The van der Waals surface area contributed by atoms with E-state index in [1.165, 1.54) is 0 Å². The van der Waals surface area contributed by atoms with E-state index in [0.29, 0.717) is 18.3 Å². The van der Waals surface area contributed by atoms with Gasteiger partial charge in [0.2, 0.25) is 0 Å². The molecule has 0 bridgehead atoms. The van der Waals surface area contributed by atoms with E-state index in [2.05, 4.69) is 26.0 Å². The zero-order valence-electron chi connectivity index (χ0n) is 9.03. The number of aliphatic hydroxyl groups is 1. The molecular weight excluding hydrogens is 174 g/mol. The predicted molar refractivity (Wildman–Crippen MR) is 56.5 cm³/mol. The van der Waals surface area contributed by atoms with Crippen LogP contribution in [0.3, 0.4) is 0 Å².